The van der Waals surface area contributed by atoms with Crippen LogP contribution < -0.4 is 10.7 Å². The molecular formula is C23H36N4O4. The first kappa shape index (κ1) is 24.7. The van der Waals surface area contributed by atoms with E-state index in [2.05, 4.69) is 22.8 Å². The lowest BCUT2D eigenvalue weighted by Gasteiger charge is -2.26. The quantitative estimate of drug-likeness (QED) is 0.437. The van der Waals surface area contributed by atoms with Crippen LogP contribution in [-0.4, -0.2) is 61.7 Å². The first-order chi connectivity index (χ1) is 15.0. The number of amides is 3. The number of morpholine rings is 1. The van der Waals surface area contributed by atoms with Gasteiger partial charge in [0, 0.05) is 25.7 Å². The van der Waals surface area contributed by atoms with Crippen molar-refractivity contribution < 1.29 is 19.1 Å². The van der Waals surface area contributed by atoms with Gasteiger partial charge in [0.15, 0.2) is 0 Å². The Morgan fingerprint density at radius 2 is 1.94 bits per heavy atom. The molecule has 1 aliphatic rings. The van der Waals surface area contributed by atoms with Gasteiger partial charge >= 0.3 is 12.1 Å². The molecule has 172 valence electrons. The maximum absolute atomic E-state index is 12.6. The Balaban J connectivity index is 1.88. The Morgan fingerprint density at radius 3 is 2.58 bits per heavy atom. The molecule has 0 unspecified atom stereocenters. The summed E-state index contributed by atoms with van der Waals surface area (Å²) < 4.78 is 11.0. The van der Waals surface area contributed by atoms with Gasteiger partial charge in [-0.1, -0.05) is 63.9 Å². The van der Waals surface area contributed by atoms with Gasteiger partial charge in [-0.3, -0.25) is 0 Å². The summed E-state index contributed by atoms with van der Waals surface area (Å²) in [6, 6.07) is 9.41. The molecule has 0 bridgehead atoms. The monoisotopic (exact) mass is 432 g/mol. The van der Waals surface area contributed by atoms with E-state index in [1.807, 2.05) is 44.2 Å². The summed E-state index contributed by atoms with van der Waals surface area (Å²) in [7, 11) is 0. The van der Waals surface area contributed by atoms with Crippen molar-refractivity contribution in [3.8, 4) is 0 Å². The molecule has 1 saturated heterocycles. The van der Waals surface area contributed by atoms with E-state index in [-0.39, 0.29) is 24.1 Å². The van der Waals surface area contributed by atoms with Crippen molar-refractivity contribution in [3.63, 3.8) is 0 Å². The van der Waals surface area contributed by atoms with E-state index in [0.29, 0.717) is 39.1 Å². The van der Waals surface area contributed by atoms with Crippen LogP contribution in [0.5, 0.6) is 0 Å². The highest BCUT2D eigenvalue weighted by Crippen LogP contribution is 2.14. The number of carbonyl (C=O) groups excluding carboxylic acids is 2. The molecule has 2 rings (SSSR count). The lowest BCUT2D eigenvalue weighted by atomic mass is 9.99. The van der Waals surface area contributed by atoms with Crippen molar-refractivity contribution in [3.05, 3.63) is 35.9 Å². The van der Waals surface area contributed by atoms with Gasteiger partial charge in [0.1, 0.15) is 6.10 Å². The molecule has 3 amide bonds. The van der Waals surface area contributed by atoms with Crippen LogP contribution in [0.4, 0.5) is 9.59 Å². The van der Waals surface area contributed by atoms with Crippen molar-refractivity contribution in [2.24, 2.45) is 11.0 Å². The highest BCUT2D eigenvalue weighted by molar-refractivity contribution is 5.78. The molecule has 1 aromatic rings. The lowest BCUT2D eigenvalue weighted by molar-refractivity contribution is 0.0533. The van der Waals surface area contributed by atoms with Crippen molar-refractivity contribution >= 4 is 18.3 Å². The van der Waals surface area contributed by atoms with Crippen LogP contribution in [0.15, 0.2) is 35.4 Å². The molecule has 1 aromatic carbocycles. The second kappa shape index (κ2) is 13.6. The van der Waals surface area contributed by atoms with E-state index in [1.165, 1.54) is 0 Å². The number of hydrogen-bond acceptors (Lipinski definition) is 5. The molecular weight excluding hydrogens is 396 g/mol. The Bertz CT molecular complexity index is 690. The minimum absolute atomic E-state index is 0.182. The number of nitrogens with zero attached hydrogens (tertiary/aromatic N) is 2. The van der Waals surface area contributed by atoms with Gasteiger partial charge in [0.05, 0.1) is 19.3 Å². The zero-order valence-electron chi connectivity index (χ0n) is 18.9. The number of hydrazone groups is 1. The summed E-state index contributed by atoms with van der Waals surface area (Å²) in [5, 5.41) is 6.94. The molecule has 8 nitrogen and oxygen atoms in total. The maximum Gasteiger partial charge on any atom is 0.407 e. The van der Waals surface area contributed by atoms with Gasteiger partial charge in [-0.05, 0) is 17.9 Å². The second-order valence-corrected chi connectivity index (χ2v) is 8.07. The molecule has 0 spiro atoms. The smallest absolute Gasteiger partial charge is 0.407 e. The molecule has 1 heterocycles. The van der Waals surface area contributed by atoms with Crippen LogP contribution >= 0.6 is 0 Å². The third-order valence-electron chi connectivity index (χ3n) is 5.17. The molecule has 0 aromatic heterocycles. The number of nitrogens with one attached hydrogen (secondary N) is 2. The number of rotatable bonds is 10. The number of alkyl carbamates (subject to hydrolysis) is 1. The van der Waals surface area contributed by atoms with E-state index in [4.69, 9.17) is 9.47 Å². The van der Waals surface area contributed by atoms with E-state index in [1.54, 1.807) is 11.1 Å². The topological polar surface area (TPSA) is 92.3 Å². The second-order valence-electron chi connectivity index (χ2n) is 8.07. The number of ether oxygens (including phenoxy) is 2. The Morgan fingerprint density at radius 1 is 1.23 bits per heavy atom. The maximum atomic E-state index is 12.6. The predicted octanol–water partition coefficient (Wildman–Crippen LogP) is 3.57. The average Bonchev–Trinajstić information content (AvgIpc) is 2.78. The van der Waals surface area contributed by atoms with E-state index >= 15 is 0 Å². The van der Waals surface area contributed by atoms with Crippen LogP contribution in [0.3, 0.4) is 0 Å². The van der Waals surface area contributed by atoms with Gasteiger partial charge < -0.3 is 19.7 Å². The van der Waals surface area contributed by atoms with Crippen molar-refractivity contribution in [1.29, 1.82) is 0 Å². The van der Waals surface area contributed by atoms with Crippen LogP contribution in [0, 0.1) is 5.92 Å². The third kappa shape index (κ3) is 9.38. The van der Waals surface area contributed by atoms with Crippen molar-refractivity contribution in [1.82, 2.24) is 15.6 Å². The van der Waals surface area contributed by atoms with Gasteiger partial charge in [0.2, 0.25) is 0 Å². The van der Waals surface area contributed by atoms with Gasteiger partial charge in [-0.25, -0.2) is 15.0 Å². The molecule has 8 heteroatoms. The predicted molar refractivity (Wildman–Crippen MR) is 121 cm³/mol. The van der Waals surface area contributed by atoms with Gasteiger partial charge in [0.25, 0.3) is 0 Å². The Kier molecular flexibility index (Phi) is 10.9. The van der Waals surface area contributed by atoms with E-state index in [9.17, 15) is 9.59 Å². The minimum atomic E-state index is -0.471. The SMILES string of the molecule is CCCC[C@@H](/C=N/NC(=O)N1CCOCC1)NC(=O)O[C@H](Cc1ccccc1)C(C)C. The first-order valence-electron chi connectivity index (χ1n) is 11.2. The van der Waals surface area contributed by atoms with E-state index < -0.39 is 6.09 Å². The average molecular weight is 433 g/mol. The summed E-state index contributed by atoms with van der Waals surface area (Å²) in [4.78, 5) is 26.4. The molecule has 31 heavy (non-hydrogen) atoms. The standard InChI is InChI=1S/C23H36N4O4/c1-4-5-11-20(17-24-26-22(28)27-12-14-30-15-13-27)25-23(29)31-21(18(2)3)16-19-9-7-6-8-10-19/h6-10,17-18,20-21H,4-5,11-16H2,1-3H3,(H,25,29)(H,26,28)/b24-17+/t20-,21+/m0/s1. The highest BCUT2D eigenvalue weighted by Gasteiger charge is 2.21. The first-order valence-corrected chi connectivity index (χ1v) is 11.2. The lowest BCUT2D eigenvalue weighted by Crippen LogP contribution is -2.45. The summed E-state index contributed by atoms with van der Waals surface area (Å²) in [5.41, 5.74) is 3.66. The normalized spacial score (nSPS) is 16.2. The fourth-order valence-electron chi connectivity index (χ4n) is 3.21. The number of benzene rings is 1. The molecule has 0 aliphatic carbocycles. The Hall–Kier alpha value is -2.61. The van der Waals surface area contributed by atoms with E-state index in [0.717, 1.165) is 18.4 Å². The van der Waals surface area contributed by atoms with Crippen LogP contribution in [0.2, 0.25) is 0 Å². The molecule has 0 radical (unpaired) electrons. The largest absolute Gasteiger partial charge is 0.446 e. The van der Waals surface area contributed by atoms with Gasteiger partial charge in [-0.15, -0.1) is 0 Å². The van der Waals surface area contributed by atoms with Gasteiger partial charge in [-0.2, -0.15) is 5.10 Å². The van der Waals surface area contributed by atoms with Crippen LogP contribution in [-0.2, 0) is 15.9 Å². The van der Waals surface area contributed by atoms with Crippen LogP contribution in [0.1, 0.15) is 45.6 Å². The minimum Gasteiger partial charge on any atom is -0.446 e. The fraction of sp³-hybridized carbons (Fsp3) is 0.609. The molecule has 2 atom stereocenters. The molecule has 2 N–H and O–H groups in total. The van der Waals surface area contributed by atoms with Crippen molar-refractivity contribution in [2.75, 3.05) is 26.3 Å². The van der Waals surface area contributed by atoms with Crippen LogP contribution in [0.25, 0.3) is 0 Å². The summed E-state index contributed by atoms with van der Waals surface area (Å²) in [5.74, 6) is 0.182. The number of urea groups is 1. The third-order valence-corrected chi connectivity index (χ3v) is 5.17. The summed E-state index contributed by atoms with van der Waals surface area (Å²) in [6.07, 6.45) is 4.16. The molecule has 1 fully saturated rings. The highest BCUT2D eigenvalue weighted by atomic mass is 16.6. The Labute approximate surface area is 185 Å². The van der Waals surface area contributed by atoms with Crippen molar-refractivity contribution in [2.45, 2.75) is 58.6 Å². The molecule has 0 saturated carbocycles. The zero-order chi connectivity index (χ0) is 22.5. The number of carbonyl (C=O) groups is 2. The zero-order valence-corrected chi connectivity index (χ0v) is 18.9. The fourth-order valence-corrected chi connectivity index (χ4v) is 3.21. The molecule has 1 aliphatic heterocycles. The number of unbranched alkanes of at least 4 members (excludes halogenated alkanes) is 1. The summed E-state index contributed by atoms with van der Waals surface area (Å²) >= 11 is 0. The number of hydrogen-bond donors (Lipinski definition) is 2. The summed E-state index contributed by atoms with van der Waals surface area (Å²) in [6.45, 7) is 8.32.